The van der Waals surface area contributed by atoms with Crippen molar-refractivity contribution in [2.75, 3.05) is 0 Å². The smallest absolute Gasteiger partial charge is 0.138 e. The van der Waals surface area contributed by atoms with Crippen LogP contribution in [0, 0.1) is 0 Å². The molecule has 0 saturated carbocycles. The van der Waals surface area contributed by atoms with Gasteiger partial charge in [-0.1, -0.05) is 37.3 Å². The van der Waals surface area contributed by atoms with Gasteiger partial charge in [0, 0.05) is 0 Å². The minimum absolute atomic E-state index is 0.335. The molecule has 3 nitrogen and oxygen atoms in total. The Hall–Kier alpha value is -1.35. The summed E-state index contributed by atoms with van der Waals surface area (Å²) in [7, 11) is 0. The number of aliphatic carboxylic acids is 1. The number of epoxide rings is 1. The van der Waals surface area contributed by atoms with E-state index in [-0.39, 0.29) is 6.10 Å². The molecule has 1 saturated heterocycles. The van der Waals surface area contributed by atoms with Gasteiger partial charge in [-0.2, -0.15) is 0 Å². The van der Waals surface area contributed by atoms with Crippen LogP contribution in [0.3, 0.4) is 0 Å². The van der Waals surface area contributed by atoms with Gasteiger partial charge in [0.2, 0.25) is 0 Å². The highest BCUT2D eigenvalue weighted by atomic mass is 16.6. The molecule has 0 spiro atoms. The number of ether oxygens (including phenoxy) is 1. The average molecular weight is 191 g/mol. The Morgan fingerprint density at radius 2 is 2.14 bits per heavy atom. The third kappa shape index (κ3) is 1.21. The van der Waals surface area contributed by atoms with E-state index in [4.69, 9.17) is 4.74 Å². The first kappa shape index (κ1) is 9.21. The zero-order valence-corrected chi connectivity index (χ0v) is 7.90. The Morgan fingerprint density at radius 3 is 2.57 bits per heavy atom. The number of hydrogen-bond acceptors (Lipinski definition) is 3. The Morgan fingerprint density at radius 1 is 1.50 bits per heavy atom. The largest absolute Gasteiger partial charge is 0.547 e. The highest BCUT2D eigenvalue weighted by Crippen LogP contribution is 2.51. The highest BCUT2D eigenvalue weighted by Gasteiger charge is 2.57. The quantitative estimate of drug-likeness (QED) is 0.659. The van der Waals surface area contributed by atoms with Crippen LogP contribution in [0.1, 0.15) is 25.0 Å². The van der Waals surface area contributed by atoms with Crippen LogP contribution in [0.25, 0.3) is 0 Å². The van der Waals surface area contributed by atoms with Crippen molar-refractivity contribution in [1.82, 2.24) is 0 Å². The van der Waals surface area contributed by atoms with E-state index in [2.05, 4.69) is 0 Å². The van der Waals surface area contributed by atoms with Crippen LogP contribution in [-0.2, 0) is 9.53 Å². The third-order valence-electron chi connectivity index (χ3n) is 2.67. The number of carboxylic acid groups (broad SMARTS) is 1. The minimum atomic E-state index is -1.12. The van der Waals surface area contributed by atoms with Crippen LogP contribution in [-0.4, -0.2) is 11.6 Å². The lowest BCUT2D eigenvalue weighted by Gasteiger charge is -2.10. The lowest BCUT2D eigenvalue weighted by molar-refractivity contribution is -0.312. The number of rotatable bonds is 3. The van der Waals surface area contributed by atoms with E-state index in [0.717, 1.165) is 5.56 Å². The summed E-state index contributed by atoms with van der Waals surface area (Å²) >= 11 is 0. The number of carbonyl (C=O) groups is 1. The van der Waals surface area contributed by atoms with E-state index in [1.807, 2.05) is 30.3 Å². The number of hydrogen-bond donors (Lipinski definition) is 0. The molecule has 1 aromatic carbocycles. The van der Waals surface area contributed by atoms with E-state index in [9.17, 15) is 9.90 Å². The Balaban J connectivity index is 2.22. The second-order valence-electron chi connectivity index (χ2n) is 3.44. The van der Waals surface area contributed by atoms with Crippen LogP contribution in [0.5, 0.6) is 0 Å². The molecular formula is C11H11O3-. The Labute approximate surface area is 82.3 Å². The first-order valence-electron chi connectivity index (χ1n) is 4.65. The maximum absolute atomic E-state index is 10.9. The van der Waals surface area contributed by atoms with Crippen molar-refractivity contribution in [2.45, 2.75) is 25.0 Å². The fourth-order valence-electron chi connectivity index (χ4n) is 1.71. The predicted molar refractivity (Wildman–Crippen MR) is 48.3 cm³/mol. The molecule has 0 aromatic heterocycles. The van der Waals surface area contributed by atoms with Gasteiger partial charge in [0.1, 0.15) is 11.7 Å². The molecule has 0 N–H and O–H groups in total. The topological polar surface area (TPSA) is 52.7 Å². The van der Waals surface area contributed by atoms with Gasteiger partial charge >= 0.3 is 0 Å². The maximum atomic E-state index is 10.9. The number of carboxylic acids is 1. The van der Waals surface area contributed by atoms with Gasteiger partial charge in [-0.05, 0) is 12.0 Å². The van der Waals surface area contributed by atoms with Crippen LogP contribution in [0.15, 0.2) is 30.3 Å². The van der Waals surface area contributed by atoms with Crippen molar-refractivity contribution in [2.24, 2.45) is 0 Å². The van der Waals surface area contributed by atoms with Crippen molar-refractivity contribution in [3.05, 3.63) is 35.9 Å². The summed E-state index contributed by atoms with van der Waals surface area (Å²) in [4.78, 5) is 10.9. The van der Waals surface area contributed by atoms with Crippen molar-refractivity contribution in [1.29, 1.82) is 0 Å². The van der Waals surface area contributed by atoms with Crippen molar-refractivity contribution in [3.8, 4) is 0 Å². The molecular weight excluding hydrogens is 180 g/mol. The van der Waals surface area contributed by atoms with Gasteiger partial charge in [0.15, 0.2) is 0 Å². The van der Waals surface area contributed by atoms with E-state index >= 15 is 0 Å². The van der Waals surface area contributed by atoms with Crippen molar-refractivity contribution >= 4 is 5.97 Å². The predicted octanol–water partition coefficient (Wildman–Crippen LogP) is 0.657. The van der Waals surface area contributed by atoms with E-state index in [1.165, 1.54) is 0 Å². The SMILES string of the molecule is CCC1(C(=O)[O-])OC1c1ccccc1. The summed E-state index contributed by atoms with van der Waals surface area (Å²) < 4.78 is 5.24. The van der Waals surface area contributed by atoms with Gasteiger partial charge in [0.05, 0.1) is 5.97 Å². The normalized spacial score (nSPS) is 29.9. The summed E-state index contributed by atoms with van der Waals surface area (Å²) in [5.74, 6) is -1.12. The van der Waals surface area contributed by atoms with Gasteiger partial charge in [-0.3, -0.25) is 0 Å². The first-order chi connectivity index (χ1) is 6.70. The van der Waals surface area contributed by atoms with E-state index < -0.39 is 11.6 Å². The summed E-state index contributed by atoms with van der Waals surface area (Å²) in [5.41, 5.74) is -0.181. The second kappa shape index (κ2) is 3.10. The Kier molecular flexibility index (Phi) is 2.04. The third-order valence-corrected chi connectivity index (χ3v) is 2.67. The van der Waals surface area contributed by atoms with E-state index in [0.29, 0.717) is 6.42 Å². The average Bonchev–Trinajstić information content (AvgIpc) is 2.95. The van der Waals surface area contributed by atoms with Crippen LogP contribution in [0.2, 0.25) is 0 Å². The van der Waals surface area contributed by atoms with Gasteiger partial charge in [-0.15, -0.1) is 0 Å². The molecule has 0 aliphatic carbocycles. The monoisotopic (exact) mass is 191 g/mol. The zero-order valence-electron chi connectivity index (χ0n) is 7.90. The second-order valence-corrected chi connectivity index (χ2v) is 3.44. The first-order valence-corrected chi connectivity index (χ1v) is 4.65. The summed E-state index contributed by atoms with van der Waals surface area (Å²) in [6.45, 7) is 1.79. The minimum Gasteiger partial charge on any atom is -0.547 e. The van der Waals surface area contributed by atoms with Crippen molar-refractivity contribution < 1.29 is 14.6 Å². The molecule has 1 fully saturated rings. The number of benzene rings is 1. The molecule has 3 heteroatoms. The fourth-order valence-corrected chi connectivity index (χ4v) is 1.71. The van der Waals surface area contributed by atoms with E-state index in [1.54, 1.807) is 6.92 Å². The lowest BCUT2D eigenvalue weighted by Crippen LogP contribution is -2.38. The summed E-state index contributed by atoms with van der Waals surface area (Å²) in [6.07, 6.45) is 0.105. The van der Waals surface area contributed by atoms with Crippen LogP contribution in [0.4, 0.5) is 0 Å². The molecule has 0 amide bonds. The standard InChI is InChI=1S/C11H12O3/c1-2-11(10(12)13)9(14-11)8-6-4-3-5-7-8/h3-7,9H,2H2,1H3,(H,12,13)/p-1. The van der Waals surface area contributed by atoms with Crippen LogP contribution >= 0.6 is 0 Å². The maximum Gasteiger partial charge on any atom is 0.138 e. The molecule has 14 heavy (non-hydrogen) atoms. The molecule has 1 aromatic rings. The van der Waals surface area contributed by atoms with Crippen molar-refractivity contribution in [3.63, 3.8) is 0 Å². The zero-order chi connectivity index (χ0) is 10.2. The molecule has 1 heterocycles. The van der Waals surface area contributed by atoms with Crippen LogP contribution < -0.4 is 5.11 Å². The van der Waals surface area contributed by atoms with Gasteiger partial charge < -0.3 is 14.6 Å². The van der Waals surface area contributed by atoms with Gasteiger partial charge in [0.25, 0.3) is 0 Å². The summed E-state index contributed by atoms with van der Waals surface area (Å²) in [6, 6.07) is 9.36. The Bertz CT molecular complexity index is 347. The molecule has 1 aliphatic rings. The molecule has 1 aliphatic heterocycles. The molecule has 0 bridgehead atoms. The highest BCUT2D eigenvalue weighted by molar-refractivity contribution is 5.80. The lowest BCUT2D eigenvalue weighted by atomic mass is 9.97. The molecule has 2 atom stereocenters. The fraction of sp³-hybridized carbons (Fsp3) is 0.364. The molecule has 74 valence electrons. The van der Waals surface area contributed by atoms with Gasteiger partial charge in [-0.25, -0.2) is 0 Å². The molecule has 2 rings (SSSR count). The number of carbonyl (C=O) groups excluding carboxylic acids is 1. The molecule has 0 radical (unpaired) electrons. The molecule has 2 unspecified atom stereocenters. The summed E-state index contributed by atoms with van der Waals surface area (Å²) in [5, 5.41) is 10.9.